The SMILES string of the molecule is COC(=O)CCN(CCCO)C(=O)c1ccco1. The van der Waals surface area contributed by atoms with E-state index in [-0.39, 0.29) is 37.2 Å². The van der Waals surface area contributed by atoms with E-state index in [0.29, 0.717) is 13.0 Å². The summed E-state index contributed by atoms with van der Waals surface area (Å²) >= 11 is 0. The second-order valence-corrected chi connectivity index (χ2v) is 3.67. The van der Waals surface area contributed by atoms with E-state index in [2.05, 4.69) is 4.74 Å². The predicted molar refractivity (Wildman–Crippen MR) is 62.9 cm³/mol. The Bertz CT molecular complexity index is 374. The van der Waals surface area contributed by atoms with E-state index in [9.17, 15) is 9.59 Å². The fraction of sp³-hybridized carbons (Fsp3) is 0.500. The fourth-order valence-electron chi connectivity index (χ4n) is 1.46. The summed E-state index contributed by atoms with van der Waals surface area (Å²) in [6.07, 6.45) is 1.99. The molecular weight excluding hydrogens is 238 g/mol. The normalized spacial score (nSPS) is 10.1. The van der Waals surface area contributed by atoms with Gasteiger partial charge in [0.05, 0.1) is 19.8 Å². The highest BCUT2D eigenvalue weighted by Crippen LogP contribution is 2.07. The molecule has 0 spiro atoms. The summed E-state index contributed by atoms with van der Waals surface area (Å²) in [6.45, 7) is 0.597. The molecule has 1 aromatic heterocycles. The summed E-state index contributed by atoms with van der Waals surface area (Å²) < 4.78 is 9.55. The fourth-order valence-corrected chi connectivity index (χ4v) is 1.46. The van der Waals surface area contributed by atoms with E-state index >= 15 is 0 Å². The van der Waals surface area contributed by atoms with Crippen LogP contribution in [0.1, 0.15) is 23.4 Å². The van der Waals surface area contributed by atoms with Gasteiger partial charge in [-0.2, -0.15) is 0 Å². The lowest BCUT2D eigenvalue weighted by atomic mass is 10.3. The van der Waals surface area contributed by atoms with Crippen LogP contribution in [-0.2, 0) is 9.53 Å². The van der Waals surface area contributed by atoms with Gasteiger partial charge in [-0.3, -0.25) is 9.59 Å². The molecule has 0 fully saturated rings. The molecule has 1 N–H and O–H groups in total. The zero-order valence-electron chi connectivity index (χ0n) is 10.3. The number of ether oxygens (including phenoxy) is 1. The first-order chi connectivity index (χ1) is 8.69. The zero-order chi connectivity index (χ0) is 13.4. The molecule has 0 bridgehead atoms. The van der Waals surface area contributed by atoms with Gasteiger partial charge in [0.1, 0.15) is 0 Å². The Morgan fingerprint density at radius 3 is 2.78 bits per heavy atom. The second kappa shape index (κ2) is 7.50. The number of nitrogens with zero attached hydrogens (tertiary/aromatic N) is 1. The Hall–Kier alpha value is -1.82. The highest BCUT2D eigenvalue weighted by atomic mass is 16.5. The van der Waals surface area contributed by atoms with Gasteiger partial charge in [0.15, 0.2) is 5.76 Å². The lowest BCUT2D eigenvalue weighted by Gasteiger charge is -2.20. The third-order valence-electron chi connectivity index (χ3n) is 2.42. The monoisotopic (exact) mass is 255 g/mol. The van der Waals surface area contributed by atoms with Crippen LogP contribution in [0.3, 0.4) is 0 Å². The van der Waals surface area contributed by atoms with Gasteiger partial charge in [0, 0.05) is 19.7 Å². The highest BCUT2D eigenvalue weighted by molar-refractivity contribution is 5.91. The summed E-state index contributed by atoms with van der Waals surface area (Å²) in [5, 5.41) is 8.80. The van der Waals surface area contributed by atoms with E-state index < -0.39 is 0 Å². The third kappa shape index (κ3) is 4.21. The predicted octanol–water partition coefficient (Wildman–Crippen LogP) is 0.667. The molecule has 1 amide bonds. The van der Waals surface area contributed by atoms with Crippen LogP contribution < -0.4 is 0 Å². The second-order valence-electron chi connectivity index (χ2n) is 3.67. The molecule has 1 aromatic rings. The number of hydrogen-bond acceptors (Lipinski definition) is 5. The van der Waals surface area contributed by atoms with E-state index in [1.54, 1.807) is 12.1 Å². The Morgan fingerprint density at radius 2 is 2.22 bits per heavy atom. The molecule has 0 unspecified atom stereocenters. The van der Waals surface area contributed by atoms with Gasteiger partial charge < -0.3 is 19.2 Å². The summed E-state index contributed by atoms with van der Waals surface area (Å²) in [5.41, 5.74) is 0. The molecule has 1 rings (SSSR count). The minimum atomic E-state index is -0.378. The minimum Gasteiger partial charge on any atom is -0.469 e. The number of amides is 1. The molecule has 1 heterocycles. The molecule has 100 valence electrons. The molecule has 0 atom stereocenters. The van der Waals surface area contributed by atoms with Crippen LogP contribution in [0.15, 0.2) is 22.8 Å². The van der Waals surface area contributed by atoms with Crippen LogP contribution in [0.4, 0.5) is 0 Å². The first-order valence-corrected chi connectivity index (χ1v) is 5.69. The number of aliphatic hydroxyl groups is 1. The standard InChI is InChI=1S/C12H17NO5/c1-17-11(15)5-7-13(6-3-8-14)12(16)10-4-2-9-18-10/h2,4,9,14H,3,5-8H2,1H3. The van der Waals surface area contributed by atoms with Crippen molar-refractivity contribution in [2.45, 2.75) is 12.8 Å². The summed E-state index contributed by atoms with van der Waals surface area (Å²) in [4.78, 5) is 24.5. The van der Waals surface area contributed by atoms with Crippen molar-refractivity contribution < 1.29 is 23.8 Å². The average molecular weight is 255 g/mol. The number of aliphatic hydroxyl groups excluding tert-OH is 1. The quantitative estimate of drug-likeness (QED) is 0.724. The average Bonchev–Trinajstić information content (AvgIpc) is 2.91. The molecule has 0 saturated heterocycles. The van der Waals surface area contributed by atoms with Gasteiger partial charge in [-0.1, -0.05) is 0 Å². The van der Waals surface area contributed by atoms with Crippen molar-refractivity contribution in [2.24, 2.45) is 0 Å². The zero-order valence-corrected chi connectivity index (χ0v) is 10.3. The maximum atomic E-state index is 12.0. The number of furan rings is 1. The molecular formula is C12H17NO5. The molecule has 0 aliphatic rings. The summed E-state index contributed by atoms with van der Waals surface area (Å²) in [6, 6.07) is 3.18. The largest absolute Gasteiger partial charge is 0.469 e. The summed E-state index contributed by atoms with van der Waals surface area (Å²) in [5.74, 6) is -0.452. The van der Waals surface area contributed by atoms with E-state index in [0.717, 1.165) is 0 Å². The highest BCUT2D eigenvalue weighted by Gasteiger charge is 2.18. The van der Waals surface area contributed by atoms with Gasteiger partial charge >= 0.3 is 5.97 Å². The van der Waals surface area contributed by atoms with Crippen molar-refractivity contribution in [2.75, 3.05) is 26.8 Å². The molecule has 0 aliphatic carbocycles. The Labute approximate surface area is 105 Å². The van der Waals surface area contributed by atoms with Crippen LogP contribution in [0, 0.1) is 0 Å². The molecule has 6 nitrogen and oxygen atoms in total. The van der Waals surface area contributed by atoms with Crippen molar-refractivity contribution in [3.63, 3.8) is 0 Å². The first kappa shape index (κ1) is 14.2. The van der Waals surface area contributed by atoms with Gasteiger partial charge in [0.2, 0.25) is 0 Å². The van der Waals surface area contributed by atoms with Gasteiger partial charge in [-0.05, 0) is 18.6 Å². The van der Waals surface area contributed by atoms with Gasteiger partial charge in [0.25, 0.3) is 5.91 Å². The van der Waals surface area contributed by atoms with Crippen LogP contribution in [0.5, 0.6) is 0 Å². The number of rotatable bonds is 7. The number of carbonyl (C=O) groups is 2. The first-order valence-electron chi connectivity index (χ1n) is 5.69. The van der Waals surface area contributed by atoms with Crippen molar-refractivity contribution in [3.05, 3.63) is 24.2 Å². The number of carbonyl (C=O) groups excluding carboxylic acids is 2. The van der Waals surface area contributed by atoms with Crippen molar-refractivity contribution in [3.8, 4) is 0 Å². The summed E-state index contributed by atoms with van der Waals surface area (Å²) in [7, 11) is 1.30. The van der Waals surface area contributed by atoms with Crippen LogP contribution in [-0.4, -0.2) is 48.7 Å². The Balaban J connectivity index is 2.59. The van der Waals surface area contributed by atoms with Gasteiger partial charge in [-0.25, -0.2) is 0 Å². The topological polar surface area (TPSA) is 80.0 Å². The lowest BCUT2D eigenvalue weighted by molar-refractivity contribution is -0.140. The minimum absolute atomic E-state index is 0.0137. The van der Waals surface area contributed by atoms with Crippen molar-refractivity contribution >= 4 is 11.9 Å². The molecule has 6 heteroatoms. The van der Waals surface area contributed by atoms with E-state index in [4.69, 9.17) is 9.52 Å². The smallest absolute Gasteiger partial charge is 0.307 e. The van der Waals surface area contributed by atoms with E-state index in [1.165, 1.54) is 18.3 Å². The number of esters is 1. The maximum absolute atomic E-state index is 12.0. The van der Waals surface area contributed by atoms with Crippen LogP contribution in [0.25, 0.3) is 0 Å². The number of hydrogen-bond donors (Lipinski definition) is 1. The van der Waals surface area contributed by atoms with E-state index in [1.807, 2.05) is 0 Å². The van der Waals surface area contributed by atoms with Crippen molar-refractivity contribution in [1.29, 1.82) is 0 Å². The Kier molecular flexibility index (Phi) is 5.93. The van der Waals surface area contributed by atoms with Gasteiger partial charge in [-0.15, -0.1) is 0 Å². The molecule has 0 saturated carbocycles. The third-order valence-corrected chi connectivity index (χ3v) is 2.42. The lowest BCUT2D eigenvalue weighted by Crippen LogP contribution is -2.34. The molecule has 0 aromatic carbocycles. The molecule has 18 heavy (non-hydrogen) atoms. The Morgan fingerprint density at radius 1 is 1.44 bits per heavy atom. The van der Waals surface area contributed by atoms with Crippen LogP contribution >= 0.6 is 0 Å². The molecule has 0 aliphatic heterocycles. The molecule has 0 radical (unpaired) electrons. The van der Waals surface area contributed by atoms with Crippen LogP contribution in [0.2, 0.25) is 0 Å². The van der Waals surface area contributed by atoms with Crippen molar-refractivity contribution in [1.82, 2.24) is 4.90 Å². The maximum Gasteiger partial charge on any atom is 0.307 e. The number of methoxy groups -OCH3 is 1.